The van der Waals surface area contributed by atoms with E-state index in [9.17, 15) is 13.2 Å². The van der Waals surface area contributed by atoms with Gasteiger partial charge in [0.25, 0.3) is 0 Å². The molecule has 1 atom stereocenters. The summed E-state index contributed by atoms with van der Waals surface area (Å²) in [6, 6.07) is 3.40. The SMILES string of the molecule is CCOc1cncc(-c2ccc(NC(=O)C(C)(CCOC)c3cncc(NS(C)(=O)=O)n3)nc2)n1. The number of methoxy groups -OCH3 is 1. The first-order valence-electron chi connectivity index (χ1n) is 10.7. The average Bonchev–Trinajstić information content (AvgIpc) is 2.82. The molecule has 0 aliphatic rings. The number of pyridine rings is 1. The molecule has 0 aromatic carbocycles. The number of amides is 1. The zero-order valence-corrected chi connectivity index (χ0v) is 20.7. The maximum Gasteiger partial charge on any atom is 0.237 e. The number of carbonyl (C=O) groups is 1. The number of sulfonamides is 1. The first kappa shape index (κ1) is 25.9. The fraction of sp³-hybridized carbons (Fsp3) is 0.364. The van der Waals surface area contributed by atoms with Crippen molar-refractivity contribution in [2.24, 2.45) is 0 Å². The Labute approximate surface area is 203 Å². The first-order chi connectivity index (χ1) is 16.6. The lowest BCUT2D eigenvalue weighted by molar-refractivity contribution is -0.121. The summed E-state index contributed by atoms with van der Waals surface area (Å²) in [4.78, 5) is 34.5. The number of hydrogen-bond donors (Lipinski definition) is 2. The third-order valence-electron chi connectivity index (χ3n) is 5.00. The van der Waals surface area contributed by atoms with Gasteiger partial charge >= 0.3 is 0 Å². The number of ether oxygens (including phenoxy) is 2. The van der Waals surface area contributed by atoms with Crippen LogP contribution in [0, 0.1) is 0 Å². The Balaban J connectivity index is 1.83. The molecule has 0 aliphatic carbocycles. The van der Waals surface area contributed by atoms with E-state index in [-0.39, 0.29) is 24.5 Å². The molecule has 0 saturated heterocycles. The van der Waals surface area contributed by atoms with E-state index in [1.165, 1.54) is 25.7 Å². The van der Waals surface area contributed by atoms with Crippen molar-refractivity contribution in [3.63, 3.8) is 0 Å². The van der Waals surface area contributed by atoms with Crippen molar-refractivity contribution in [1.29, 1.82) is 0 Å². The van der Waals surface area contributed by atoms with Gasteiger partial charge in [-0.1, -0.05) is 0 Å². The third kappa shape index (κ3) is 6.90. The van der Waals surface area contributed by atoms with Gasteiger partial charge in [-0.3, -0.25) is 19.5 Å². The summed E-state index contributed by atoms with van der Waals surface area (Å²) in [5.41, 5.74) is 0.372. The lowest BCUT2D eigenvalue weighted by atomic mass is 9.82. The van der Waals surface area contributed by atoms with Crippen LogP contribution in [0.1, 0.15) is 26.0 Å². The topological polar surface area (TPSA) is 158 Å². The van der Waals surface area contributed by atoms with Crippen LogP contribution in [-0.4, -0.2) is 65.8 Å². The fourth-order valence-electron chi connectivity index (χ4n) is 3.11. The van der Waals surface area contributed by atoms with E-state index < -0.39 is 21.3 Å². The van der Waals surface area contributed by atoms with E-state index in [2.05, 4.69) is 35.0 Å². The van der Waals surface area contributed by atoms with Crippen molar-refractivity contribution in [3.05, 3.63) is 48.8 Å². The minimum atomic E-state index is -3.56. The zero-order valence-electron chi connectivity index (χ0n) is 19.8. The van der Waals surface area contributed by atoms with Crippen molar-refractivity contribution in [3.8, 4) is 17.1 Å². The molecule has 0 aliphatic heterocycles. The molecule has 3 heterocycles. The van der Waals surface area contributed by atoms with Crippen LogP contribution in [0.5, 0.6) is 5.88 Å². The number of nitrogens with zero attached hydrogens (tertiary/aromatic N) is 5. The Morgan fingerprint density at radius 1 is 1.06 bits per heavy atom. The third-order valence-corrected chi connectivity index (χ3v) is 5.58. The Morgan fingerprint density at radius 2 is 1.83 bits per heavy atom. The van der Waals surface area contributed by atoms with Crippen molar-refractivity contribution in [1.82, 2.24) is 24.9 Å². The predicted octanol–water partition coefficient (Wildman–Crippen LogP) is 2.03. The van der Waals surface area contributed by atoms with Gasteiger partial charge in [0.15, 0.2) is 5.82 Å². The highest BCUT2D eigenvalue weighted by Crippen LogP contribution is 2.29. The minimum Gasteiger partial charge on any atom is -0.477 e. The van der Waals surface area contributed by atoms with Gasteiger partial charge < -0.3 is 14.8 Å². The Hall–Kier alpha value is -3.71. The zero-order chi connectivity index (χ0) is 25.5. The number of carbonyl (C=O) groups excluding carboxylic acids is 1. The normalized spacial score (nSPS) is 13.0. The molecule has 3 rings (SSSR count). The summed E-state index contributed by atoms with van der Waals surface area (Å²) in [5, 5.41) is 2.80. The summed E-state index contributed by atoms with van der Waals surface area (Å²) >= 11 is 0. The molecule has 0 bridgehead atoms. The molecule has 2 N–H and O–H groups in total. The number of hydrogen-bond acceptors (Lipinski definition) is 10. The van der Waals surface area contributed by atoms with Gasteiger partial charge in [0.1, 0.15) is 5.82 Å². The van der Waals surface area contributed by atoms with Gasteiger partial charge in [-0.25, -0.2) is 23.4 Å². The highest BCUT2D eigenvalue weighted by atomic mass is 32.2. The summed E-state index contributed by atoms with van der Waals surface area (Å²) in [7, 11) is -2.04. The van der Waals surface area contributed by atoms with Crippen molar-refractivity contribution in [2.75, 3.05) is 36.6 Å². The van der Waals surface area contributed by atoms with Crippen molar-refractivity contribution in [2.45, 2.75) is 25.7 Å². The monoisotopic (exact) mass is 501 g/mol. The maximum absolute atomic E-state index is 13.4. The molecule has 35 heavy (non-hydrogen) atoms. The molecule has 1 amide bonds. The van der Waals surface area contributed by atoms with Crippen LogP contribution in [0.2, 0.25) is 0 Å². The quantitative estimate of drug-likeness (QED) is 0.398. The van der Waals surface area contributed by atoms with E-state index in [1.54, 1.807) is 31.5 Å². The van der Waals surface area contributed by atoms with Gasteiger partial charge in [0, 0.05) is 31.7 Å². The molecular weight excluding hydrogens is 474 g/mol. The number of rotatable bonds is 11. The second-order valence-electron chi connectivity index (χ2n) is 7.80. The molecule has 0 saturated carbocycles. The highest BCUT2D eigenvalue weighted by molar-refractivity contribution is 7.92. The lowest BCUT2D eigenvalue weighted by Gasteiger charge is -2.27. The van der Waals surface area contributed by atoms with Crippen molar-refractivity contribution < 1.29 is 22.7 Å². The van der Waals surface area contributed by atoms with Gasteiger partial charge in [-0.15, -0.1) is 0 Å². The standard InChI is InChI=1S/C22H27N7O5S/c1-5-34-20-14-23-11-16(26-20)15-6-7-18(25-10-15)28-21(30)22(2,8-9-33-3)17-12-24-13-19(27-17)29-35(4,31)32/h6-7,10-14H,5,8-9H2,1-4H3,(H,27,29)(H,25,28,30). The fourth-order valence-corrected chi connectivity index (χ4v) is 3.59. The Morgan fingerprint density at radius 3 is 2.49 bits per heavy atom. The Kier molecular flexibility index (Phi) is 8.25. The largest absolute Gasteiger partial charge is 0.477 e. The van der Waals surface area contributed by atoms with Crippen LogP contribution in [0.3, 0.4) is 0 Å². The van der Waals surface area contributed by atoms with E-state index in [1.807, 2.05) is 6.92 Å². The van der Waals surface area contributed by atoms with Crippen LogP contribution in [0.4, 0.5) is 11.6 Å². The summed E-state index contributed by atoms with van der Waals surface area (Å²) in [6.07, 6.45) is 8.65. The van der Waals surface area contributed by atoms with Gasteiger partial charge in [0.2, 0.25) is 21.8 Å². The van der Waals surface area contributed by atoms with E-state index in [0.29, 0.717) is 29.6 Å². The van der Waals surface area contributed by atoms with Crippen LogP contribution in [-0.2, 0) is 25.0 Å². The van der Waals surface area contributed by atoms with Crippen LogP contribution in [0.25, 0.3) is 11.3 Å². The predicted molar refractivity (Wildman–Crippen MR) is 129 cm³/mol. The van der Waals surface area contributed by atoms with Gasteiger partial charge in [-0.05, 0) is 32.4 Å². The molecule has 0 radical (unpaired) electrons. The second-order valence-corrected chi connectivity index (χ2v) is 9.55. The van der Waals surface area contributed by atoms with Gasteiger partial charge in [0.05, 0.1) is 48.3 Å². The van der Waals surface area contributed by atoms with Crippen LogP contribution < -0.4 is 14.8 Å². The van der Waals surface area contributed by atoms with Crippen LogP contribution in [0.15, 0.2) is 43.1 Å². The van der Waals surface area contributed by atoms with Gasteiger partial charge in [-0.2, -0.15) is 0 Å². The molecule has 0 fully saturated rings. The lowest BCUT2D eigenvalue weighted by Crippen LogP contribution is -2.40. The van der Waals surface area contributed by atoms with E-state index in [0.717, 1.165) is 6.26 Å². The molecule has 13 heteroatoms. The molecule has 186 valence electrons. The van der Waals surface area contributed by atoms with Crippen LogP contribution >= 0.6 is 0 Å². The molecule has 12 nitrogen and oxygen atoms in total. The number of anilines is 2. The summed E-state index contributed by atoms with van der Waals surface area (Å²) in [5.74, 6) is 0.331. The summed E-state index contributed by atoms with van der Waals surface area (Å²) < 4.78 is 36.0. The molecule has 0 spiro atoms. The number of aromatic nitrogens is 5. The summed E-state index contributed by atoms with van der Waals surface area (Å²) in [6.45, 7) is 4.27. The molecular formula is C22H27N7O5S. The maximum atomic E-state index is 13.4. The molecule has 1 unspecified atom stereocenters. The first-order valence-corrected chi connectivity index (χ1v) is 12.6. The molecule has 3 aromatic rings. The average molecular weight is 502 g/mol. The minimum absolute atomic E-state index is 0.0133. The second kappa shape index (κ2) is 11.1. The smallest absolute Gasteiger partial charge is 0.237 e. The highest BCUT2D eigenvalue weighted by Gasteiger charge is 2.37. The van der Waals surface area contributed by atoms with E-state index in [4.69, 9.17) is 9.47 Å². The van der Waals surface area contributed by atoms with E-state index >= 15 is 0 Å². The number of nitrogens with one attached hydrogen (secondary N) is 2. The van der Waals surface area contributed by atoms with Crippen molar-refractivity contribution >= 4 is 27.6 Å². The Bertz CT molecular complexity index is 1270. The molecule has 3 aromatic heterocycles.